The van der Waals surface area contributed by atoms with Crippen molar-refractivity contribution in [3.8, 4) is 11.5 Å². The molecule has 36 heavy (non-hydrogen) atoms. The van der Waals surface area contributed by atoms with E-state index in [1.54, 1.807) is 18.2 Å². The molecule has 0 amide bonds. The number of ether oxygens (including phenoxy) is 1. The van der Waals surface area contributed by atoms with Crippen LogP contribution in [0.4, 0.5) is 4.39 Å². The van der Waals surface area contributed by atoms with E-state index in [1.807, 2.05) is 36.4 Å². The average molecular weight is 510 g/mol. The third-order valence-corrected chi connectivity index (χ3v) is 8.62. The van der Waals surface area contributed by atoms with Crippen LogP contribution in [0.5, 0.6) is 11.5 Å². The van der Waals surface area contributed by atoms with Crippen molar-refractivity contribution in [2.45, 2.75) is 29.6 Å². The Labute approximate surface area is 212 Å². The van der Waals surface area contributed by atoms with Crippen molar-refractivity contribution in [3.63, 3.8) is 0 Å². The van der Waals surface area contributed by atoms with Crippen LogP contribution in [0.25, 0.3) is 0 Å². The summed E-state index contributed by atoms with van der Waals surface area (Å²) in [5.41, 5.74) is 4.59. The molecule has 1 aliphatic heterocycles. The Morgan fingerprint density at radius 1 is 1.00 bits per heavy atom. The third-order valence-electron chi connectivity index (χ3n) is 7.49. The minimum atomic E-state index is -3.25. The van der Waals surface area contributed by atoms with Crippen LogP contribution < -0.4 is 4.74 Å². The second-order valence-corrected chi connectivity index (χ2v) is 12.1. The van der Waals surface area contributed by atoms with Crippen LogP contribution in [0, 0.1) is 5.92 Å². The molecule has 2 aliphatic rings. The number of alkyl halides is 1. The summed E-state index contributed by atoms with van der Waals surface area (Å²) in [5.74, 6) is 1.51. The quantitative estimate of drug-likeness (QED) is 0.466. The summed E-state index contributed by atoms with van der Waals surface area (Å²) >= 11 is 0. The number of aryl methyl sites for hydroxylation is 1. The van der Waals surface area contributed by atoms with Crippen molar-refractivity contribution in [1.82, 2.24) is 4.90 Å². The molecule has 1 heterocycles. The average Bonchev–Trinajstić information content (AvgIpc) is 2.84. The monoisotopic (exact) mass is 509 g/mol. The second-order valence-electron chi connectivity index (χ2n) is 10.0. The van der Waals surface area contributed by atoms with E-state index in [-0.39, 0.29) is 30.2 Å². The van der Waals surface area contributed by atoms with Gasteiger partial charge in [-0.2, -0.15) is 0 Å². The molecule has 0 saturated carbocycles. The minimum absolute atomic E-state index is 0.0752. The molecule has 0 unspecified atom stereocenters. The summed E-state index contributed by atoms with van der Waals surface area (Å²) in [4.78, 5) is 2.52. The normalized spacial score (nSPS) is 20.5. The van der Waals surface area contributed by atoms with Crippen molar-refractivity contribution >= 4 is 9.84 Å². The molecule has 0 aromatic heterocycles. The lowest BCUT2D eigenvalue weighted by Gasteiger charge is -2.37. The van der Waals surface area contributed by atoms with Gasteiger partial charge in [0.2, 0.25) is 0 Å². The van der Waals surface area contributed by atoms with Gasteiger partial charge in [0.05, 0.1) is 11.6 Å². The molecule has 0 bridgehead atoms. The van der Waals surface area contributed by atoms with Gasteiger partial charge in [-0.3, -0.25) is 9.29 Å². The highest BCUT2D eigenvalue weighted by molar-refractivity contribution is 7.90. The maximum atomic E-state index is 12.6. The summed E-state index contributed by atoms with van der Waals surface area (Å²) in [6.45, 7) is 2.73. The van der Waals surface area contributed by atoms with E-state index in [4.69, 9.17) is 4.74 Å². The number of benzene rings is 3. The molecule has 1 saturated heterocycles. The lowest BCUT2D eigenvalue weighted by Crippen LogP contribution is -2.49. The van der Waals surface area contributed by atoms with E-state index in [9.17, 15) is 17.9 Å². The number of phenols is 1. The highest BCUT2D eigenvalue weighted by atomic mass is 32.2. The zero-order valence-electron chi connectivity index (χ0n) is 20.4. The lowest BCUT2D eigenvalue weighted by atomic mass is 9.69. The maximum Gasteiger partial charge on any atom is 0.175 e. The van der Waals surface area contributed by atoms with Gasteiger partial charge in [-0.05, 0) is 77.4 Å². The van der Waals surface area contributed by atoms with Crippen LogP contribution in [0.1, 0.15) is 40.5 Å². The van der Waals surface area contributed by atoms with E-state index in [0.29, 0.717) is 11.5 Å². The first kappa shape index (κ1) is 24.8. The largest absolute Gasteiger partial charge is 0.508 e. The number of aromatic hydroxyl groups is 1. The summed E-state index contributed by atoms with van der Waals surface area (Å²) in [5, 5.41) is 10.0. The predicted molar refractivity (Wildman–Crippen MR) is 138 cm³/mol. The van der Waals surface area contributed by atoms with Gasteiger partial charge in [0.15, 0.2) is 9.84 Å². The Morgan fingerprint density at radius 2 is 1.69 bits per heavy atom. The zero-order valence-corrected chi connectivity index (χ0v) is 21.3. The van der Waals surface area contributed by atoms with Crippen molar-refractivity contribution in [2.75, 3.05) is 39.2 Å². The predicted octanol–water partition coefficient (Wildman–Crippen LogP) is 4.94. The van der Waals surface area contributed by atoms with Gasteiger partial charge >= 0.3 is 0 Å². The molecular weight excluding hydrogens is 477 g/mol. The fourth-order valence-electron chi connectivity index (χ4n) is 5.56. The van der Waals surface area contributed by atoms with E-state index in [2.05, 4.69) is 17.0 Å². The van der Waals surface area contributed by atoms with Crippen molar-refractivity contribution in [3.05, 3.63) is 89.0 Å². The Kier molecular flexibility index (Phi) is 7.04. The van der Waals surface area contributed by atoms with Crippen molar-refractivity contribution in [1.29, 1.82) is 0 Å². The maximum absolute atomic E-state index is 12.6. The number of halogens is 1. The minimum Gasteiger partial charge on any atom is -0.508 e. The molecule has 7 heteroatoms. The van der Waals surface area contributed by atoms with E-state index in [1.165, 1.54) is 11.8 Å². The fraction of sp³-hybridized carbons (Fsp3) is 0.379. The number of nitrogens with zero attached hydrogens (tertiary/aromatic N) is 1. The lowest BCUT2D eigenvalue weighted by molar-refractivity contribution is 0.0668. The third kappa shape index (κ3) is 5.27. The fourth-order valence-corrected chi connectivity index (χ4v) is 6.19. The molecule has 3 aromatic carbocycles. The molecule has 5 nitrogen and oxygen atoms in total. The van der Waals surface area contributed by atoms with Crippen molar-refractivity contribution < 1.29 is 22.7 Å². The molecule has 1 fully saturated rings. The highest BCUT2D eigenvalue weighted by Gasteiger charge is 2.32. The summed E-state index contributed by atoms with van der Waals surface area (Å²) in [7, 11) is -3.25. The van der Waals surface area contributed by atoms with Gasteiger partial charge < -0.3 is 9.84 Å². The van der Waals surface area contributed by atoms with Gasteiger partial charge in [0.1, 0.15) is 18.1 Å². The molecule has 5 rings (SSSR count). The Balaban J connectivity index is 1.37. The van der Waals surface area contributed by atoms with Crippen LogP contribution in [-0.4, -0.2) is 57.6 Å². The zero-order chi connectivity index (χ0) is 25.3. The number of hydrogen-bond donors (Lipinski definition) is 1. The first-order chi connectivity index (χ1) is 17.3. The van der Waals surface area contributed by atoms with E-state index in [0.717, 1.165) is 54.9 Å². The summed E-state index contributed by atoms with van der Waals surface area (Å²) in [6, 6.07) is 21.0. The standard InChI is InChI=1S/C29H32FNO4S/c1-36(33,34)26-10-4-21(5-11-26)27-12-6-23-16-24(32)7-13-28(23)29(27)22-2-8-25(9-3-22)35-15-14-31-18-20(17-30)19-31/h2-5,7-11,13,16,20,27,29,32H,6,12,14-15,17-19H2,1H3/t27-,29+/m0/s1. The Hall–Kier alpha value is -2.90. The molecule has 0 spiro atoms. The molecule has 190 valence electrons. The van der Waals surface area contributed by atoms with Crippen molar-refractivity contribution in [2.24, 2.45) is 5.92 Å². The Bertz CT molecular complexity index is 1300. The van der Waals surface area contributed by atoms with Crippen LogP contribution in [-0.2, 0) is 16.3 Å². The smallest absolute Gasteiger partial charge is 0.175 e. The Morgan fingerprint density at radius 3 is 2.36 bits per heavy atom. The molecule has 3 aromatic rings. The van der Waals surface area contributed by atoms with Crippen LogP contribution >= 0.6 is 0 Å². The van der Waals surface area contributed by atoms with Gasteiger partial charge in [-0.1, -0.05) is 30.3 Å². The number of hydrogen-bond acceptors (Lipinski definition) is 5. The number of rotatable bonds is 8. The molecule has 0 radical (unpaired) electrons. The summed E-state index contributed by atoms with van der Waals surface area (Å²) < 4.78 is 42.4. The first-order valence-electron chi connectivity index (χ1n) is 12.4. The topological polar surface area (TPSA) is 66.8 Å². The molecule has 1 N–H and O–H groups in total. The van der Waals surface area contributed by atoms with Gasteiger partial charge in [0.25, 0.3) is 0 Å². The van der Waals surface area contributed by atoms with Gasteiger partial charge in [-0.25, -0.2) is 8.42 Å². The van der Waals surface area contributed by atoms with Gasteiger partial charge in [0, 0.05) is 37.7 Å². The molecule has 1 aliphatic carbocycles. The van der Waals surface area contributed by atoms with E-state index >= 15 is 0 Å². The van der Waals surface area contributed by atoms with E-state index < -0.39 is 9.84 Å². The number of likely N-dealkylation sites (tertiary alicyclic amines) is 1. The van der Waals surface area contributed by atoms with Crippen LogP contribution in [0.15, 0.2) is 71.6 Å². The summed E-state index contributed by atoms with van der Waals surface area (Å²) in [6.07, 6.45) is 2.97. The number of fused-ring (bicyclic) bond motifs is 1. The van der Waals surface area contributed by atoms with Crippen LogP contribution in [0.3, 0.4) is 0 Å². The number of sulfone groups is 1. The highest BCUT2D eigenvalue weighted by Crippen LogP contribution is 2.47. The first-order valence-corrected chi connectivity index (χ1v) is 14.3. The second kappa shape index (κ2) is 10.2. The van der Waals surface area contributed by atoms with Crippen LogP contribution in [0.2, 0.25) is 0 Å². The van der Waals surface area contributed by atoms with Gasteiger partial charge in [-0.15, -0.1) is 0 Å². The molecule has 2 atom stereocenters. The SMILES string of the molecule is CS(=O)(=O)c1ccc([C@@H]2CCc3cc(O)ccc3[C@@H]2c2ccc(OCCN3CC(CF)C3)cc2)cc1. The number of phenolic OH excluding ortho intramolecular Hbond substituents is 1. The molecular formula is C29H32FNO4S.